The van der Waals surface area contributed by atoms with Crippen LogP contribution in [0.15, 0.2) is 114 Å². The number of piperazine rings is 1. The second kappa shape index (κ2) is 25.1. The van der Waals surface area contributed by atoms with E-state index in [0.29, 0.717) is 78.7 Å². The molecule has 4 N–H and O–H groups in total. The van der Waals surface area contributed by atoms with Crippen LogP contribution in [0, 0.1) is 33.3 Å². The molecule has 5 aliphatic rings. The number of piperidine rings is 2. The van der Waals surface area contributed by atoms with Crippen LogP contribution in [0.25, 0.3) is 16.6 Å². The van der Waals surface area contributed by atoms with Crippen molar-refractivity contribution >= 4 is 84.8 Å². The van der Waals surface area contributed by atoms with Gasteiger partial charge in [-0.15, -0.1) is 0 Å². The minimum atomic E-state index is -4.67. The number of hydrogen-bond donors (Lipinski definition) is 4. The number of imide groups is 1. The van der Waals surface area contributed by atoms with Gasteiger partial charge >= 0.3 is 0 Å². The van der Waals surface area contributed by atoms with E-state index in [1.165, 1.54) is 46.0 Å². The summed E-state index contributed by atoms with van der Waals surface area (Å²) < 4.78 is 42.0. The van der Waals surface area contributed by atoms with E-state index < -0.39 is 43.4 Å². The number of aromatic nitrogens is 2. The van der Waals surface area contributed by atoms with Gasteiger partial charge in [0.1, 0.15) is 42.1 Å². The first-order chi connectivity index (χ1) is 41.3. The number of carbonyl (C=O) groups is 5. The highest BCUT2D eigenvalue weighted by atomic mass is 35.5. The predicted octanol–water partition coefficient (Wildman–Crippen LogP) is 8.30. The lowest BCUT2D eigenvalue weighted by atomic mass is 9.72. The van der Waals surface area contributed by atoms with E-state index >= 15 is 0 Å². The number of amides is 5. The zero-order valence-corrected chi connectivity index (χ0v) is 49.2. The summed E-state index contributed by atoms with van der Waals surface area (Å²) in [5.74, 6) is 3.98. The molecule has 5 amide bonds. The molecule has 21 nitrogen and oxygen atoms in total. The van der Waals surface area contributed by atoms with Gasteiger partial charge < -0.3 is 34.5 Å². The number of H-pyrrole nitrogens is 1. The van der Waals surface area contributed by atoms with Crippen molar-refractivity contribution in [3.63, 3.8) is 0 Å². The predicted molar refractivity (Wildman–Crippen MR) is 323 cm³/mol. The molecule has 0 bridgehead atoms. The fourth-order valence-corrected chi connectivity index (χ4v) is 13.1. The average Bonchev–Trinajstić information content (AvgIpc) is 3.04. The molecule has 0 radical (unpaired) electrons. The molecule has 446 valence electrons. The van der Waals surface area contributed by atoms with Gasteiger partial charge in [-0.25, -0.2) is 18.1 Å². The third-order valence-corrected chi connectivity index (χ3v) is 18.4. The van der Waals surface area contributed by atoms with Gasteiger partial charge in [-0.3, -0.25) is 44.3 Å². The van der Waals surface area contributed by atoms with Gasteiger partial charge in [0, 0.05) is 111 Å². The summed E-state index contributed by atoms with van der Waals surface area (Å²) >= 11 is 6.27. The quantitative estimate of drug-likeness (QED) is 0.0220. The van der Waals surface area contributed by atoms with Crippen molar-refractivity contribution in [1.82, 2.24) is 34.7 Å². The van der Waals surface area contributed by atoms with Crippen LogP contribution in [-0.4, -0.2) is 139 Å². The Morgan fingerprint density at radius 3 is 2.49 bits per heavy atom. The van der Waals surface area contributed by atoms with Gasteiger partial charge in [0.2, 0.25) is 17.7 Å². The number of fused-ring (bicyclic) bond motifs is 2. The van der Waals surface area contributed by atoms with Crippen molar-refractivity contribution in [3.8, 4) is 23.3 Å². The largest absolute Gasteiger partial charge is 0.455 e. The molecule has 11 rings (SSSR count). The molecule has 2 aromatic heterocycles. The van der Waals surface area contributed by atoms with Crippen LogP contribution >= 0.6 is 11.6 Å². The van der Waals surface area contributed by atoms with E-state index in [1.54, 1.807) is 47.5 Å². The SMILES string of the molecule is CC1(C)CCC(CN2CCN(c3ccc(C(=O)NS(=O)(=O)c4ccc(NCC5CCN(C(=O)COCC#Cc6cccc7c6CN(C6CCC(=O)NC6=O)C7=O)CC5)c([N+](=O)[O-])c4)c(Oc4cnc5[nH]ccc5c4)c3)CC2)=C(c2ccc(Cl)cc2)C1. The molecule has 23 heteroatoms. The number of rotatable bonds is 17. The highest BCUT2D eigenvalue weighted by molar-refractivity contribution is 7.90. The maximum absolute atomic E-state index is 14.1. The average molecular weight is 1210 g/mol. The Kier molecular flexibility index (Phi) is 17.3. The number of nitro benzene ring substituents is 1. The number of nitro groups is 1. The van der Waals surface area contributed by atoms with Gasteiger partial charge in [0.25, 0.3) is 27.5 Å². The minimum Gasteiger partial charge on any atom is -0.455 e. The lowest BCUT2D eigenvalue weighted by Crippen LogP contribution is -2.52. The molecular weight excluding hydrogens is 1140 g/mol. The zero-order chi connectivity index (χ0) is 60.3. The number of hydrogen-bond acceptors (Lipinski definition) is 15. The molecule has 1 aliphatic carbocycles. The maximum atomic E-state index is 14.1. The topological polar surface area (TPSA) is 259 Å². The van der Waals surface area contributed by atoms with Crippen LogP contribution in [0.2, 0.25) is 5.02 Å². The van der Waals surface area contributed by atoms with Crippen LogP contribution < -0.4 is 25.0 Å². The first-order valence-electron chi connectivity index (χ1n) is 28.7. The minimum absolute atomic E-state index is 0.0265. The summed E-state index contributed by atoms with van der Waals surface area (Å²) in [4.78, 5) is 91.2. The van der Waals surface area contributed by atoms with E-state index in [9.17, 15) is 42.5 Å². The molecule has 4 aliphatic heterocycles. The van der Waals surface area contributed by atoms with Gasteiger partial charge in [0.15, 0.2) is 0 Å². The highest BCUT2D eigenvalue weighted by Gasteiger charge is 2.40. The van der Waals surface area contributed by atoms with Crippen LogP contribution in [0.4, 0.5) is 17.1 Å². The van der Waals surface area contributed by atoms with Crippen LogP contribution in [-0.2, 0) is 35.7 Å². The molecule has 6 heterocycles. The van der Waals surface area contributed by atoms with Crippen LogP contribution in [0.1, 0.15) is 96.2 Å². The van der Waals surface area contributed by atoms with Crippen molar-refractivity contribution in [3.05, 3.63) is 152 Å². The molecule has 3 saturated heterocycles. The Morgan fingerprint density at radius 1 is 0.930 bits per heavy atom. The number of ether oxygens (including phenoxy) is 2. The molecule has 86 heavy (non-hydrogen) atoms. The van der Waals surface area contributed by atoms with Crippen LogP contribution in [0.5, 0.6) is 11.5 Å². The van der Waals surface area contributed by atoms with Crippen molar-refractivity contribution in [2.45, 2.75) is 76.3 Å². The summed E-state index contributed by atoms with van der Waals surface area (Å²) in [7, 11) is -4.67. The Hall–Kier alpha value is -8.62. The van der Waals surface area contributed by atoms with E-state index in [2.05, 4.69) is 72.9 Å². The number of nitrogens with zero attached hydrogens (tertiary/aromatic N) is 6. The van der Waals surface area contributed by atoms with Crippen molar-refractivity contribution in [2.75, 3.05) is 75.8 Å². The summed E-state index contributed by atoms with van der Waals surface area (Å²) in [5.41, 5.74) is 6.88. The highest BCUT2D eigenvalue weighted by Crippen LogP contribution is 2.44. The summed E-state index contributed by atoms with van der Waals surface area (Å²) in [6, 6.07) is 24.5. The zero-order valence-electron chi connectivity index (χ0n) is 47.7. The second-order valence-electron chi connectivity index (χ2n) is 23.2. The number of benzene rings is 4. The Labute approximate surface area is 502 Å². The van der Waals surface area contributed by atoms with Gasteiger partial charge in [0.05, 0.1) is 21.6 Å². The number of likely N-dealkylation sites (tertiary alicyclic amines) is 1. The Morgan fingerprint density at radius 2 is 1.72 bits per heavy atom. The molecule has 4 aromatic carbocycles. The smallest absolute Gasteiger partial charge is 0.293 e. The Balaban J connectivity index is 0.686. The van der Waals surface area contributed by atoms with Crippen molar-refractivity contribution in [2.24, 2.45) is 11.3 Å². The number of pyridine rings is 1. The van der Waals surface area contributed by atoms with Gasteiger partial charge in [-0.2, -0.15) is 0 Å². The number of nitrogens with one attached hydrogen (secondary N) is 4. The third kappa shape index (κ3) is 13.4. The number of allylic oxidation sites excluding steroid dienone is 1. The lowest BCUT2D eigenvalue weighted by Gasteiger charge is -2.39. The first kappa shape index (κ1) is 59.1. The fraction of sp³-hybridized carbons (Fsp3) is 0.365. The summed E-state index contributed by atoms with van der Waals surface area (Å²) in [6.45, 7) is 9.52. The standard InChI is InChI=1S/C63H65ClN10O11S/c1-63(2)22-18-44(51(34-63)42-8-10-45(64)11-9-42)37-70-26-28-71(29-27-70)46-12-14-50(56(32-46)85-47-31-43-19-23-65-59(43)67-36-47)60(77)69-86(82,83)48-13-15-53(55(33-48)74(80)81)66-35-40-20-24-72(25-21-40)58(76)39-84-30-4-6-41-5-3-7-49-52(41)38-73(62(49)79)54-16-17-57(75)68-61(54)78/h3,5,7-15,19,23,31-33,36,40,54,66H,16-18,20-22,24-30,34-35,37-39H2,1-2H3,(H,65,67)(H,69,77)(H,68,75,78). The molecule has 6 aromatic rings. The number of sulfonamides is 1. The molecule has 3 fully saturated rings. The van der Waals surface area contributed by atoms with E-state index in [4.69, 9.17) is 21.1 Å². The van der Waals surface area contributed by atoms with E-state index in [1.807, 2.05) is 18.2 Å². The number of carbonyl (C=O) groups excluding carboxylic acids is 5. The lowest BCUT2D eigenvalue weighted by molar-refractivity contribution is -0.384. The van der Waals surface area contributed by atoms with E-state index in [-0.39, 0.29) is 78.7 Å². The number of halogens is 1. The number of anilines is 2. The van der Waals surface area contributed by atoms with Gasteiger partial charge in [-0.05, 0) is 127 Å². The molecule has 1 unspecified atom stereocenters. The molecule has 0 spiro atoms. The fourth-order valence-electron chi connectivity index (χ4n) is 12.0. The Bertz CT molecular complexity index is 3880. The monoisotopic (exact) mass is 1200 g/mol. The summed E-state index contributed by atoms with van der Waals surface area (Å²) in [5, 5.41) is 19.3. The second-order valence-corrected chi connectivity index (χ2v) is 25.3. The molecule has 0 saturated carbocycles. The third-order valence-electron chi connectivity index (χ3n) is 16.8. The first-order valence-corrected chi connectivity index (χ1v) is 30.6. The molecule has 1 atom stereocenters. The maximum Gasteiger partial charge on any atom is 0.293 e. The normalized spacial score (nSPS) is 18.3. The van der Waals surface area contributed by atoms with Crippen molar-refractivity contribution in [1.29, 1.82) is 0 Å². The van der Waals surface area contributed by atoms with Crippen LogP contribution in [0.3, 0.4) is 0 Å². The van der Waals surface area contributed by atoms with Crippen molar-refractivity contribution < 1.29 is 46.8 Å². The summed E-state index contributed by atoms with van der Waals surface area (Å²) in [6.07, 6.45) is 7.94. The molecular formula is C63H65ClN10O11S. The number of aromatic amines is 1. The van der Waals surface area contributed by atoms with Gasteiger partial charge in [-0.1, -0.05) is 61.1 Å². The van der Waals surface area contributed by atoms with E-state index in [0.717, 1.165) is 56.0 Å².